The zero-order chi connectivity index (χ0) is 12.4. The fourth-order valence-electron chi connectivity index (χ4n) is 1.11. The minimum Gasteiger partial charge on any atom is -0.416 e. The van der Waals surface area contributed by atoms with Crippen LogP contribution < -0.4 is 5.73 Å². The normalized spacial score (nSPS) is 10.5. The van der Waals surface area contributed by atoms with Crippen LogP contribution in [0, 0.1) is 12.3 Å². The summed E-state index contributed by atoms with van der Waals surface area (Å²) >= 11 is 7.20. The number of halogens is 1. The van der Waals surface area contributed by atoms with Crippen molar-refractivity contribution in [2.45, 2.75) is 17.2 Å². The van der Waals surface area contributed by atoms with Crippen LogP contribution in [0.3, 0.4) is 0 Å². The van der Waals surface area contributed by atoms with Gasteiger partial charge < -0.3 is 10.2 Å². The lowest BCUT2D eigenvalue weighted by Crippen LogP contribution is -2.12. The van der Waals surface area contributed by atoms with E-state index in [-0.39, 0.29) is 5.84 Å². The molecule has 8 heteroatoms. The van der Waals surface area contributed by atoms with E-state index in [4.69, 9.17) is 27.2 Å². The van der Waals surface area contributed by atoms with Gasteiger partial charge in [0.2, 0.25) is 5.89 Å². The van der Waals surface area contributed by atoms with Crippen molar-refractivity contribution in [3.8, 4) is 0 Å². The number of pyridine rings is 1. The summed E-state index contributed by atoms with van der Waals surface area (Å²) in [5.74, 6) is 0.354. The Balaban J connectivity index is 2.33. The van der Waals surface area contributed by atoms with Crippen molar-refractivity contribution in [3.63, 3.8) is 0 Å². The maximum atomic E-state index is 7.36. The second kappa shape index (κ2) is 4.72. The second-order valence-electron chi connectivity index (χ2n) is 3.08. The lowest BCUT2D eigenvalue weighted by molar-refractivity contribution is 0.429. The van der Waals surface area contributed by atoms with E-state index < -0.39 is 0 Å². The lowest BCUT2D eigenvalue weighted by atomic mass is 10.2. The number of nitrogens with two attached hydrogens (primary N) is 1. The Morgan fingerprint density at radius 1 is 1.53 bits per heavy atom. The Morgan fingerprint density at radius 2 is 2.29 bits per heavy atom. The van der Waals surface area contributed by atoms with Gasteiger partial charge in [-0.05, 0) is 17.8 Å². The third kappa shape index (κ3) is 2.56. The topological polar surface area (TPSA) is 102 Å². The molecular weight excluding hydrogens is 262 g/mol. The minimum absolute atomic E-state index is 0.110. The number of rotatable bonds is 3. The zero-order valence-electron chi connectivity index (χ0n) is 8.77. The molecule has 88 valence electrons. The van der Waals surface area contributed by atoms with E-state index in [1.807, 2.05) is 0 Å². The van der Waals surface area contributed by atoms with Crippen LogP contribution in [-0.4, -0.2) is 21.0 Å². The van der Waals surface area contributed by atoms with E-state index in [9.17, 15) is 0 Å². The molecule has 0 spiro atoms. The van der Waals surface area contributed by atoms with Gasteiger partial charge >= 0.3 is 0 Å². The molecule has 0 bridgehead atoms. The molecule has 3 N–H and O–H groups in total. The van der Waals surface area contributed by atoms with Crippen molar-refractivity contribution in [2.75, 3.05) is 0 Å². The van der Waals surface area contributed by atoms with Crippen molar-refractivity contribution in [2.24, 2.45) is 5.73 Å². The summed E-state index contributed by atoms with van der Waals surface area (Å²) < 4.78 is 5.20. The monoisotopic (exact) mass is 269 g/mol. The molecule has 0 saturated carbocycles. The summed E-state index contributed by atoms with van der Waals surface area (Å²) in [7, 11) is 0. The lowest BCUT2D eigenvalue weighted by Gasteiger charge is -2.04. The predicted octanol–water partition coefficient (Wildman–Crippen LogP) is 1.86. The van der Waals surface area contributed by atoms with Gasteiger partial charge in [-0.15, -0.1) is 10.2 Å². The summed E-state index contributed by atoms with van der Waals surface area (Å²) in [6.45, 7) is 1.69. The second-order valence-corrected chi connectivity index (χ2v) is 4.40. The van der Waals surface area contributed by atoms with Gasteiger partial charge in [0.15, 0.2) is 0 Å². The summed E-state index contributed by atoms with van der Waals surface area (Å²) in [6, 6.07) is 1.58. The number of amidine groups is 1. The van der Waals surface area contributed by atoms with Crippen LogP contribution in [-0.2, 0) is 0 Å². The summed E-state index contributed by atoms with van der Waals surface area (Å²) in [6.07, 6.45) is 1.52. The Morgan fingerprint density at radius 3 is 2.88 bits per heavy atom. The molecule has 0 saturated heterocycles. The maximum absolute atomic E-state index is 7.36. The van der Waals surface area contributed by atoms with Crippen LogP contribution in [0.25, 0.3) is 0 Å². The molecular formula is C9H8ClN5OS. The molecule has 2 heterocycles. The number of aromatic nitrogens is 3. The van der Waals surface area contributed by atoms with Gasteiger partial charge in [0, 0.05) is 18.7 Å². The van der Waals surface area contributed by atoms with Crippen molar-refractivity contribution in [3.05, 3.63) is 28.7 Å². The highest BCUT2D eigenvalue weighted by Gasteiger charge is 2.13. The zero-order valence-corrected chi connectivity index (χ0v) is 10.3. The Bertz CT molecular complexity index is 570. The molecule has 0 aromatic carbocycles. The van der Waals surface area contributed by atoms with Crippen molar-refractivity contribution in [1.29, 1.82) is 5.41 Å². The average molecular weight is 270 g/mol. The van der Waals surface area contributed by atoms with Crippen LogP contribution in [0.15, 0.2) is 26.9 Å². The Kier molecular flexibility index (Phi) is 3.30. The standard InChI is InChI=1S/C9H8ClN5OS/c1-4-14-15-9(16-4)17-8-6(10)5(7(11)12)2-3-13-8/h2-3H,1H3,(H3,11,12). The molecule has 0 atom stereocenters. The van der Waals surface area contributed by atoms with Crippen LogP contribution in [0.1, 0.15) is 11.5 Å². The molecule has 2 rings (SSSR count). The first-order valence-corrected chi connectivity index (χ1v) is 5.74. The van der Waals surface area contributed by atoms with Crippen LogP contribution in [0.5, 0.6) is 0 Å². The first kappa shape index (κ1) is 11.9. The number of nitrogen functional groups attached to an aromatic ring is 1. The number of aryl methyl sites for hydroxylation is 1. The molecule has 2 aromatic rings. The van der Waals surface area contributed by atoms with Crippen LogP contribution in [0.2, 0.25) is 5.02 Å². The Labute approximate surface area is 106 Å². The van der Waals surface area contributed by atoms with Crippen molar-refractivity contribution in [1.82, 2.24) is 15.2 Å². The summed E-state index contributed by atoms with van der Waals surface area (Å²) in [5, 5.41) is 16.0. The van der Waals surface area contributed by atoms with Gasteiger partial charge in [0.1, 0.15) is 10.9 Å². The predicted molar refractivity (Wildman–Crippen MR) is 63.4 cm³/mol. The van der Waals surface area contributed by atoms with E-state index in [0.29, 0.717) is 26.7 Å². The third-order valence-electron chi connectivity index (χ3n) is 1.84. The molecule has 0 aliphatic carbocycles. The smallest absolute Gasteiger partial charge is 0.282 e. The number of nitrogens with zero attached hydrogens (tertiary/aromatic N) is 3. The van der Waals surface area contributed by atoms with E-state index in [1.165, 1.54) is 6.20 Å². The first-order valence-electron chi connectivity index (χ1n) is 4.55. The van der Waals surface area contributed by atoms with E-state index in [0.717, 1.165) is 11.8 Å². The fourth-order valence-corrected chi connectivity index (χ4v) is 2.16. The van der Waals surface area contributed by atoms with E-state index in [2.05, 4.69) is 15.2 Å². The molecule has 0 unspecified atom stereocenters. The van der Waals surface area contributed by atoms with Gasteiger partial charge in [-0.2, -0.15) is 0 Å². The average Bonchev–Trinajstić information content (AvgIpc) is 2.67. The summed E-state index contributed by atoms with van der Waals surface area (Å²) in [5.41, 5.74) is 5.82. The van der Waals surface area contributed by atoms with Crippen molar-refractivity contribution < 1.29 is 4.42 Å². The first-order chi connectivity index (χ1) is 8.08. The van der Waals surface area contributed by atoms with Crippen LogP contribution >= 0.6 is 23.4 Å². The minimum atomic E-state index is -0.110. The van der Waals surface area contributed by atoms with Gasteiger partial charge in [-0.25, -0.2) is 4.98 Å². The van der Waals surface area contributed by atoms with Gasteiger partial charge in [0.25, 0.3) is 5.22 Å². The number of hydrogen-bond acceptors (Lipinski definition) is 6. The fraction of sp³-hybridized carbons (Fsp3) is 0.111. The molecule has 0 fully saturated rings. The number of nitrogens with one attached hydrogen (secondary N) is 1. The van der Waals surface area contributed by atoms with Gasteiger partial charge in [-0.1, -0.05) is 11.6 Å². The molecule has 2 aromatic heterocycles. The molecule has 0 aliphatic rings. The van der Waals surface area contributed by atoms with Crippen LogP contribution in [0.4, 0.5) is 0 Å². The highest BCUT2D eigenvalue weighted by molar-refractivity contribution is 7.99. The molecule has 6 nitrogen and oxygen atoms in total. The van der Waals surface area contributed by atoms with E-state index >= 15 is 0 Å². The largest absolute Gasteiger partial charge is 0.416 e. The van der Waals surface area contributed by atoms with Crippen molar-refractivity contribution >= 4 is 29.2 Å². The third-order valence-corrected chi connectivity index (χ3v) is 3.18. The molecule has 0 radical (unpaired) electrons. The summed E-state index contributed by atoms with van der Waals surface area (Å²) in [4.78, 5) is 4.08. The molecule has 0 amide bonds. The highest BCUT2D eigenvalue weighted by atomic mass is 35.5. The maximum Gasteiger partial charge on any atom is 0.282 e. The molecule has 0 aliphatic heterocycles. The van der Waals surface area contributed by atoms with E-state index in [1.54, 1.807) is 13.0 Å². The number of hydrogen-bond donors (Lipinski definition) is 2. The quantitative estimate of drug-likeness (QED) is 0.651. The van der Waals surface area contributed by atoms with Gasteiger partial charge in [-0.3, -0.25) is 5.41 Å². The molecule has 17 heavy (non-hydrogen) atoms. The van der Waals surface area contributed by atoms with Gasteiger partial charge in [0.05, 0.1) is 5.02 Å². The SMILES string of the molecule is Cc1nnc(Sc2nccc(C(=N)N)c2Cl)o1. The highest BCUT2D eigenvalue weighted by Crippen LogP contribution is 2.32. The Hall–Kier alpha value is -1.60.